The molecule has 0 aliphatic rings. The minimum absolute atomic E-state index is 0.232. The lowest BCUT2D eigenvalue weighted by Gasteiger charge is -2.12. The Balaban J connectivity index is 2.11. The van der Waals surface area contributed by atoms with Crippen molar-refractivity contribution in [1.82, 2.24) is 10.5 Å². The molecule has 0 saturated heterocycles. The van der Waals surface area contributed by atoms with Gasteiger partial charge in [0.2, 0.25) is 0 Å². The Morgan fingerprint density at radius 2 is 1.83 bits per heavy atom. The lowest BCUT2D eigenvalue weighted by atomic mass is 10.1. The first-order valence-electron chi connectivity index (χ1n) is 7.42. The lowest BCUT2D eigenvalue weighted by Crippen LogP contribution is -2.22. The van der Waals surface area contributed by atoms with Crippen LogP contribution < -0.4 is 14.8 Å². The number of rotatable bonds is 6. The summed E-state index contributed by atoms with van der Waals surface area (Å²) >= 11 is 0. The molecule has 0 unspecified atom stereocenters. The van der Waals surface area contributed by atoms with Gasteiger partial charge in [0, 0.05) is 17.2 Å². The fourth-order valence-corrected chi connectivity index (χ4v) is 2.17. The molecular formula is C17H22N2O4. The zero-order valence-corrected chi connectivity index (χ0v) is 14.1. The Morgan fingerprint density at radius 1 is 1.22 bits per heavy atom. The van der Waals surface area contributed by atoms with E-state index in [0.29, 0.717) is 22.8 Å². The molecule has 0 radical (unpaired) electrons. The monoisotopic (exact) mass is 318 g/mol. The minimum Gasteiger partial charge on any atom is -0.496 e. The largest absolute Gasteiger partial charge is 0.496 e. The van der Waals surface area contributed by atoms with Crippen LogP contribution in [-0.2, 0) is 6.54 Å². The summed E-state index contributed by atoms with van der Waals surface area (Å²) < 4.78 is 15.8. The molecular weight excluding hydrogens is 296 g/mol. The number of benzene rings is 1. The molecule has 0 atom stereocenters. The number of nitrogens with zero attached hydrogens (tertiary/aromatic N) is 1. The topological polar surface area (TPSA) is 73.6 Å². The molecule has 0 spiro atoms. The number of carbonyl (C=O) groups is 1. The molecule has 0 aliphatic carbocycles. The van der Waals surface area contributed by atoms with Crippen LogP contribution in [0.1, 0.15) is 47.1 Å². The third kappa shape index (κ3) is 3.83. The Morgan fingerprint density at radius 3 is 2.30 bits per heavy atom. The van der Waals surface area contributed by atoms with Crippen molar-refractivity contribution < 1.29 is 18.8 Å². The van der Waals surface area contributed by atoms with Crippen LogP contribution in [-0.4, -0.2) is 25.3 Å². The normalized spacial score (nSPS) is 10.7. The van der Waals surface area contributed by atoms with Crippen LogP contribution in [0.3, 0.4) is 0 Å². The highest BCUT2D eigenvalue weighted by Crippen LogP contribution is 2.29. The van der Waals surface area contributed by atoms with Gasteiger partial charge in [0.1, 0.15) is 11.5 Å². The number of ether oxygens (including phenoxy) is 2. The lowest BCUT2D eigenvalue weighted by molar-refractivity contribution is 0.0946. The SMILES string of the molecule is COc1cc(C(=O)NCc2cc(C(C)C)no2)cc(OC)c1C. The van der Waals surface area contributed by atoms with E-state index in [1.165, 1.54) is 0 Å². The van der Waals surface area contributed by atoms with Crippen LogP contribution in [0.15, 0.2) is 22.7 Å². The summed E-state index contributed by atoms with van der Waals surface area (Å²) in [5, 5.41) is 6.77. The van der Waals surface area contributed by atoms with Crippen LogP contribution in [0.25, 0.3) is 0 Å². The molecule has 0 fully saturated rings. The molecule has 1 amide bonds. The van der Waals surface area contributed by atoms with Crippen LogP contribution in [0.5, 0.6) is 11.5 Å². The van der Waals surface area contributed by atoms with E-state index in [-0.39, 0.29) is 18.4 Å². The van der Waals surface area contributed by atoms with E-state index in [0.717, 1.165) is 11.3 Å². The summed E-state index contributed by atoms with van der Waals surface area (Å²) in [6, 6.07) is 5.22. The maximum absolute atomic E-state index is 12.3. The van der Waals surface area contributed by atoms with Crippen LogP contribution in [0.4, 0.5) is 0 Å². The smallest absolute Gasteiger partial charge is 0.251 e. The highest BCUT2D eigenvalue weighted by Gasteiger charge is 2.14. The van der Waals surface area contributed by atoms with Gasteiger partial charge in [-0.05, 0) is 25.0 Å². The van der Waals surface area contributed by atoms with Crippen molar-refractivity contribution in [2.75, 3.05) is 14.2 Å². The Labute approximate surface area is 135 Å². The van der Waals surface area contributed by atoms with Crippen LogP contribution in [0.2, 0.25) is 0 Å². The first-order chi connectivity index (χ1) is 11.0. The molecule has 0 aliphatic heterocycles. The van der Waals surface area contributed by atoms with E-state index < -0.39 is 0 Å². The Bertz CT molecular complexity index is 667. The molecule has 23 heavy (non-hydrogen) atoms. The van der Waals surface area contributed by atoms with Gasteiger partial charge in [0.25, 0.3) is 5.91 Å². The van der Waals surface area contributed by atoms with E-state index in [2.05, 4.69) is 10.5 Å². The Hall–Kier alpha value is -2.50. The number of amides is 1. The van der Waals surface area contributed by atoms with E-state index in [1.807, 2.05) is 26.8 Å². The standard InChI is InChI=1S/C17H22N2O4/c1-10(2)14-8-13(23-19-14)9-18-17(20)12-6-15(21-4)11(3)16(7-12)22-5/h6-8,10H,9H2,1-5H3,(H,18,20). The number of nitrogens with one attached hydrogen (secondary N) is 1. The molecule has 1 N–H and O–H groups in total. The fourth-order valence-electron chi connectivity index (χ4n) is 2.17. The summed E-state index contributed by atoms with van der Waals surface area (Å²) in [6.07, 6.45) is 0. The molecule has 0 saturated carbocycles. The van der Waals surface area contributed by atoms with Crippen molar-refractivity contribution in [2.24, 2.45) is 0 Å². The maximum atomic E-state index is 12.3. The molecule has 1 aromatic carbocycles. The number of hydrogen-bond donors (Lipinski definition) is 1. The number of methoxy groups -OCH3 is 2. The summed E-state index contributed by atoms with van der Waals surface area (Å²) in [4.78, 5) is 12.3. The number of carbonyl (C=O) groups excluding carboxylic acids is 1. The van der Waals surface area contributed by atoms with Crippen molar-refractivity contribution >= 4 is 5.91 Å². The third-order valence-electron chi connectivity index (χ3n) is 3.61. The predicted molar refractivity (Wildman–Crippen MR) is 86.0 cm³/mol. The van der Waals surface area contributed by atoms with Crippen molar-refractivity contribution in [3.8, 4) is 11.5 Å². The number of hydrogen-bond acceptors (Lipinski definition) is 5. The fraction of sp³-hybridized carbons (Fsp3) is 0.412. The highest BCUT2D eigenvalue weighted by molar-refractivity contribution is 5.95. The molecule has 1 aromatic heterocycles. The summed E-state index contributed by atoms with van der Waals surface area (Å²) in [7, 11) is 3.12. The van der Waals surface area contributed by atoms with Crippen molar-refractivity contribution in [1.29, 1.82) is 0 Å². The Kier molecular flexibility index (Phi) is 5.26. The first-order valence-corrected chi connectivity index (χ1v) is 7.42. The van der Waals surface area contributed by atoms with E-state index in [9.17, 15) is 4.79 Å². The zero-order chi connectivity index (χ0) is 17.0. The van der Waals surface area contributed by atoms with Gasteiger partial charge in [-0.3, -0.25) is 4.79 Å². The minimum atomic E-state index is -0.232. The predicted octanol–water partition coefficient (Wildman–Crippen LogP) is 3.05. The van der Waals surface area contributed by atoms with Gasteiger partial charge in [-0.25, -0.2) is 0 Å². The van der Waals surface area contributed by atoms with Gasteiger partial charge in [0.05, 0.1) is 26.5 Å². The van der Waals surface area contributed by atoms with Gasteiger partial charge in [-0.15, -0.1) is 0 Å². The van der Waals surface area contributed by atoms with Gasteiger partial charge in [-0.1, -0.05) is 19.0 Å². The first kappa shape index (κ1) is 16.9. The van der Waals surface area contributed by atoms with Crippen molar-refractivity contribution in [3.05, 3.63) is 40.8 Å². The second-order valence-corrected chi connectivity index (χ2v) is 5.56. The van der Waals surface area contributed by atoms with Gasteiger partial charge < -0.3 is 19.3 Å². The molecule has 2 rings (SSSR count). The van der Waals surface area contributed by atoms with Crippen molar-refractivity contribution in [2.45, 2.75) is 33.2 Å². The second kappa shape index (κ2) is 7.17. The van der Waals surface area contributed by atoms with Gasteiger partial charge in [-0.2, -0.15) is 0 Å². The summed E-state index contributed by atoms with van der Waals surface area (Å²) in [5.41, 5.74) is 2.18. The number of aromatic nitrogens is 1. The van der Waals surface area contributed by atoms with Gasteiger partial charge >= 0.3 is 0 Å². The average Bonchev–Trinajstić information content (AvgIpc) is 3.02. The zero-order valence-electron chi connectivity index (χ0n) is 14.1. The van der Waals surface area contributed by atoms with Crippen LogP contribution in [0, 0.1) is 6.92 Å². The maximum Gasteiger partial charge on any atom is 0.251 e. The highest BCUT2D eigenvalue weighted by atomic mass is 16.5. The molecule has 2 aromatic rings. The molecule has 124 valence electrons. The van der Waals surface area contributed by atoms with Crippen molar-refractivity contribution in [3.63, 3.8) is 0 Å². The second-order valence-electron chi connectivity index (χ2n) is 5.56. The molecule has 6 heteroatoms. The average molecular weight is 318 g/mol. The quantitative estimate of drug-likeness (QED) is 0.886. The summed E-state index contributed by atoms with van der Waals surface area (Å²) in [6.45, 7) is 6.22. The molecule has 1 heterocycles. The van der Waals surface area contributed by atoms with E-state index >= 15 is 0 Å². The van der Waals surface area contributed by atoms with Gasteiger partial charge in [0.15, 0.2) is 5.76 Å². The summed E-state index contributed by atoms with van der Waals surface area (Å²) in [5.74, 6) is 1.89. The molecule has 6 nitrogen and oxygen atoms in total. The third-order valence-corrected chi connectivity index (χ3v) is 3.61. The van der Waals surface area contributed by atoms with Crippen LogP contribution >= 0.6 is 0 Å². The van der Waals surface area contributed by atoms with E-state index in [1.54, 1.807) is 26.4 Å². The molecule has 0 bridgehead atoms. The van der Waals surface area contributed by atoms with E-state index in [4.69, 9.17) is 14.0 Å².